The molecule has 2 aromatic carbocycles. The van der Waals surface area contributed by atoms with Crippen LogP contribution in [0.2, 0.25) is 0 Å². The van der Waals surface area contributed by atoms with Crippen molar-refractivity contribution in [3.8, 4) is 17.6 Å². The standard InChI is InChI=1S/C17H17N3O4S/c1-13-3-6-15(7-4-13)25(21,22)20-19-12-14-5-8-16(24-10-9-18)17(11-14)23-2/h3-8,11-12,20H,10H2,1-2H3/b19-12-. The maximum Gasteiger partial charge on any atom is 0.276 e. The second-order valence-electron chi connectivity index (χ2n) is 5.02. The summed E-state index contributed by atoms with van der Waals surface area (Å²) < 4.78 is 34.7. The number of nitriles is 1. The van der Waals surface area contributed by atoms with E-state index >= 15 is 0 Å². The molecule has 0 aromatic heterocycles. The van der Waals surface area contributed by atoms with Crippen LogP contribution in [0.15, 0.2) is 52.5 Å². The van der Waals surface area contributed by atoms with Crippen LogP contribution in [0.1, 0.15) is 11.1 Å². The zero-order valence-electron chi connectivity index (χ0n) is 13.8. The molecule has 0 spiro atoms. The molecule has 0 bridgehead atoms. The van der Waals surface area contributed by atoms with E-state index in [9.17, 15) is 8.42 Å². The Balaban J connectivity index is 2.11. The first-order valence-electron chi connectivity index (χ1n) is 7.25. The van der Waals surface area contributed by atoms with E-state index in [0.29, 0.717) is 17.1 Å². The number of nitrogens with one attached hydrogen (secondary N) is 1. The minimum Gasteiger partial charge on any atom is -0.493 e. The Labute approximate surface area is 146 Å². The molecule has 7 nitrogen and oxygen atoms in total. The van der Waals surface area contributed by atoms with E-state index in [-0.39, 0.29) is 11.5 Å². The molecule has 0 saturated carbocycles. The normalized spacial score (nSPS) is 11.1. The molecular formula is C17H17N3O4S. The molecule has 130 valence electrons. The number of ether oxygens (including phenoxy) is 2. The van der Waals surface area contributed by atoms with Crippen LogP contribution >= 0.6 is 0 Å². The molecule has 1 N–H and O–H groups in total. The highest BCUT2D eigenvalue weighted by Crippen LogP contribution is 2.27. The molecule has 2 aromatic rings. The van der Waals surface area contributed by atoms with Crippen molar-refractivity contribution in [3.63, 3.8) is 0 Å². The van der Waals surface area contributed by atoms with E-state index in [1.54, 1.807) is 30.3 Å². The molecule has 0 unspecified atom stereocenters. The van der Waals surface area contributed by atoms with Crippen molar-refractivity contribution in [1.82, 2.24) is 4.83 Å². The highest BCUT2D eigenvalue weighted by molar-refractivity contribution is 7.89. The van der Waals surface area contributed by atoms with Crippen molar-refractivity contribution < 1.29 is 17.9 Å². The van der Waals surface area contributed by atoms with Crippen LogP contribution in [-0.4, -0.2) is 28.3 Å². The lowest BCUT2D eigenvalue weighted by molar-refractivity contribution is 0.329. The van der Waals surface area contributed by atoms with E-state index in [1.807, 2.05) is 13.0 Å². The smallest absolute Gasteiger partial charge is 0.276 e. The quantitative estimate of drug-likeness (QED) is 0.603. The zero-order chi connectivity index (χ0) is 18.3. The van der Waals surface area contributed by atoms with E-state index in [0.717, 1.165) is 5.56 Å². The van der Waals surface area contributed by atoms with Gasteiger partial charge in [0.25, 0.3) is 10.0 Å². The first-order valence-corrected chi connectivity index (χ1v) is 8.74. The lowest BCUT2D eigenvalue weighted by Crippen LogP contribution is -2.18. The number of rotatable bonds is 7. The molecule has 0 amide bonds. The van der Waals surface area contributed by atoms with Gasteiger partial charge in [0.15, 0.2) is 18.1 Å². The second-order valence-corrected chi connectivity index (χ2v) is 6.68. The van der Waals surface area contributed by atoms with E-state index in [2.05, 4.69) is 9.93 Å². The summed E-state index contributed by atoms with van der Waals surface area (Å²) in [5.74, 6) is 0.835. The fraction of sp³-hybridized carbons (Fsp3) is 0.176. The van der Waals surface area contributed by atoms with Crippen molar-refractivity contribution in [2.24, 2.45) is 5.10 Å². The molecule has 0 aliphatic heterocycles. The Morgan fingerprint density at radius 1 is 1.20 bits per heavy atom. The Hall–Kier alpha value is -3.05. The fourth-order valence-electron chi connectivity index (χ4n) is 1.93. The fourth-order valence-corrected chi connectivity index (χ4v) is 2.73. The molecule has 0 aliphatic carbocycles. The number of aryl methyl sites for hydroxylation is 1. The SMILES string of the molecule is COc1cc(/C=N\NS(=O)(=O)c2ccc(C)cc2)ccc1OCC#N. The predicted molar refractivity (Wildman–Crippen MR) is 93.2 cm³/mol. The molecular weight excluding hydrogens is 342 g/mol. The lowest BCUT2D eigenvalue weighted by Gasteiger charge is -2.08. The van der Waals surface area contributed by atoms with Crippen molar-refractivity contribution in [2.75, 3.05) is 13.7 Å². The van der Waals surface area contributed by atoms with Crippen LogP contribution in [0.25, 0.3) is 0 Å². The van der Waals surface area contributed by atoms with Crippen molar-refractivity contribution in [2.45, 2.75) is 11.8 Å². The Bertz CT molecular complexity index is 900. The predicted octanol–water partition coefficient (Wildman–Crippen LogP) is 2.22. The van der Waals surface area contributed by atoms with Crippen LogP contribution in [0.3, 0.4) is 0 Å². The minimum absolute atomic E-state index is 0.0971. The summed E-state index contributed by atoms with van der Waals surface area (Å²) in [5, 5.41) is 12.3. The van der Waals surface area contributed by atoms with Gasteiger partial charge in [-0.1, -0.05) is 17.7 Å². The third-order valence-corrected chi connectivity index (χ3v) is 4.44. The first-order chi connectivity index (χ1) is 12.0. The molecule has 25 heavy (non-hydrogen) atoms. The van der Waals surface area contributed by atoms with Gasteiger partial charge in [-0.15, -0.1) is 0 Å². The second kappa shape index (κ2) is 8.17. The molecule has 2 rings (SSSR count). The average molecular weight is 359 g/mol. The Morgan fingerprint density at radius 3 is 2.56 bits per heavy atom. The monoisotopic (exact) mass is 359 g/mol. The highest BCUT2D eigenvalue weighted by Gasteiger charge is 2.12. The number of hydrogen-bond donors (Lipinski definition) is 1. The van der Waals surface area contributed by atoms with Gasteiger partial charge in [-0.2, -0.15) is 18.8 Å². The van der Waals surface area contributed by atoms with E-state index in [4.69, 9.17) is 14.7 Å². The number of hydrazone groups is 1. The maximum atomic E-state index is 12.1. The zero-order valence-corrected chi connectivity index (χ0v) is 14.6. The van der Waals surface area contributed by atoms with Crippen LogP contribution < -0.4 is 14.3 Å². The minimum atomic E-state index is -3.72. The van der Waals surface area contributed by atoms with Crippen LogP contribution in [0.5, 0.6) is 11.5 Å². The Morgan fingerprint density at radius 2 is 1.92 bits per heavy atom. The number of benzene rings is 2. The number of methoxy groups -OCH3 is 1. The molecule has 0 radical (unpaired) electrons. The average Bonchev–Trinajstić information content (AvgIpc) is 2.60. The largest absolute Gasteiger partial charge is 0.493 e. The van der Waals surface area contributed by atoms with Gasteiger partial charge in [0.05, 0.1) is 18.2 Å². The number of sulfonamides is 1. The van der Waals surface area contributed by atoms with E-state index in [1.165, 1.54) is 25.5 Å². The van der Waals surface area contributed by atoms with Gasteiger partial charge in [-0.05, 0) is 42.8 Å². The van der Waals surface area contributed by atoms with Gasteiger partial charge < -0.3 is 9.47 Å². The topological polar surface area (TPSA) is 101 Å². The molecule has 0 saturated heterocycles. The summed E-state index contributed by atoms with van der Waals surface area (Å²) in [6.07, 6.45) is 1.35. The molecule has 0 heterocycles. The maximum absolute atomic E-state index is 12.1. The Kier molecular flexibility index (Phi) is 5.98. The first kappa shape index (κ1) is 18.3. The summed E-state index contributed by atoms with van der Waals surface area (Å²) in [4.78, 5) is 2.29. The van der Waals surface area contributed by atoms with Gasteiger partial charge in [0, 0.05) is 0 Å². The highest BCUT2D eigenvalue weighted by atomic mass is 32.2. The van der Waals surface area contributed by atoms with Gasteiger partial charge in [0.2, 0.25) is 0 Å². The lowest BCUT2D eigenvalue weighted by atomic mass is 10.2. The molecule has 0 atom stereocenters. The summed E-state index contributed by atoms with van der Waals surface area (Å²) in [5.41, 5.74) is 1.57. The van der Waals surface area contributed by atoms with Gasteiger partial charge in [-0.25, -0.2) is 4.83 Å². The van der Waals surface area contributed by atoms with Crippen LogP contribution in [-0.2, 0) is 10.0 Å². The van der Waals surface area contributed by atoms with Gasteiger partial charge in [-0.3, -0.25) is 0 Å². The van der Waals surface area contributed by atoms with Gasteiger partial charge >= 0.3 is 0 Å². The third-order valence-electron chi connectivity index (χ3n) is 3.20. The summed E-state index contributed by atoms with van der Waals surface area (Å²) in [6.45, 7) is 1.78. The molecule has 8 heteroatoms. The summed E-state index contributed by atoms with van der Waals surface area (Å²) in [7, 11) is -2.26. The number of hydrogen-bond acceptors (Lipinski definition) is 6. The van der Waals surface area contributed by atoms with Crippen molar-refractivity contribution >= 4 is 16.2 Å². The number of nitrogens with zero attached hydrogens (tertiary/aromatic N) is 2. The van der Waals surface area contributed by atoms with Crippen LogP contribution in [0.4, 0.5) is 0 Å². The van der Waals surface area contributed by atoms with E-state index < -0.39 is 10.0 Å². The molecule has 0 fully saturated rings. The van der Waals surface area contributed by atoms with Crippen molar-refractivity contribution in [1.29, 1.82) is 5.26 Å². The summed E-state index contributed by atoms with van der Waals surface area (Å²) in [6, 6.07) is 13.2. The molecule has 0 aliphatic rings. The van der Waals surface area contributed by atoms with Crippen LogP contribution in [0, 0.1) is 18.3 Å². The summed E-state index contributed by atoms with van der Waals surface area (Å²) >= 11 is 0. The van der Waals surface area contributed by atoms with Gasteiger partial charge in [0.1, 0.15) is 6.07 Å². The van der Waals surface area contributed by atoms with Crippen molar-refractivity contribution in [3.05, 3.63) is 53.6 Å². The third kappa shape index (κ3) is 4.96.